The molecule has 0 bridgehead atoms. The second-order valence-corrected chi connectivity index (χ2v) is 9.34. The maximum atomic E-state index is 13.1. The zero-order chi connectivity index (χ0) is 30.8. The summed E-state index contributed by atoms with van der Waals surface area (Å²) in [6.45, 7) is 1.65. The van der Waals surface area contributed by atoms with E-state index in [1.807, 2.05) is 0 Å². The molecule has 14 heteroatoms. The Morgan fingerprint density at radius 3 is 2.23 bits per heavy atom. The van der Waals surface area contributed by atoms with E-state index in [-0.39, 0.29) is 11.6 Å². The van der Waals surface area contributed by atoms with Gasteiger partial charge in [-0.05, 0) is 48.5 Å². The van der Waals surface area contributed by atoms with Gasteiger partial charge in [0.25, 0.3) is 0 Å². The third kappa shape index (κ3) is 8.83. The van der Waals surface area contributed by atoms with Crippen LogP contribution in [-0.4, -0.2) is 56.6 Å². The van der Waals surface area contributed by atoms with Crippen LogP contribution in [0.4, 0.5) is 29.3 Å². The standard InChI is InChI=1S/C29H28ClF3N4O6/c1-39-10-3-11-41-25-15-21-24(16-26(25)42-13-12-40-2)34-17-35-27(21)43-20-7-4-18(5-8-20)36-28(38)37-19-6-9-23(30)22(14-19)29(31,32)33/h4-9,14-17H,3,10-13H2,1-2H3,(H2,36,37,38). The van der Waals surface area contributed by atoms with Crippen molar-refractivity contribution in [3.63, 3.8) is 0 Å². The molecule has 4 aromatic rings. The van der Waals surface area contributed by atoms with Crippen LogP contribution in [0.1, 0.15) is 12.0 Å². The highest BCUT2D eigenvalue weighted by atomic mass is 35.5. The van der Waals surface area contributed by atoms with Gasteiger partial charge in [0.2, 0.25) is 5.88 Å². The second kappa shape index (κ2) is 14.7. The molecule has 10 nitrogen and oxygen atoms in total. The molecule has 3 aromatic carbocycles. The van der Waals surface area contributed by atoms with Gasteiger partial charge in [-0.15, -0.1) is 0 Å². The van der Waals surface area contributed by atoms with Crippen molar-refractivity contribution >= 4 is 39.9 Å². The lowest BCUT2D eigenvalue weighted by atomic mass is 10.2. The first-order chi connectivity index (χ1) is 20.7. The number of rotatable bonds is 13. The fourth-order valence-electron chi connectivity index (χ4n) is 3.80. The summed E-state index contributed by atoms with van der Waals surface area (Å²) in [4.78, 5) is 21.0. The van der Waals surface area contributed by atoms with Crippen molar-refractivity contribution in [3.8, 4) is 23.1 Å². The predicted molar refractivity (Wildman–Crippen MR) is 155 cm³/mol. The number of benzene rings is 3. The minimum atomic E-state index is -4.66. The van der Waals surface area contributed by atoms with Crippen LogP contribution in [-0.2, 0) is 15.7 Å². The first kappa shape index (κ1) is 31.6. The molecule has 228 valence electrons. The molecule has 0 aliphatic rings. The van der Waals surface area contributed by atoms with E-state index in [0.717, 1.165) is 12.1 Å². The molecule has 0 atom stereocenters. The summed E-state index contributed by atoms with van der Waals surface area (Å²) >= 11 is 5.63. The molecule has 2 amide bonds. The predicted octanol–water partition coefficient (Wildman–Crippen LogP) is 7.18. The van der Waals surface area contributed by atoms with Crippen molar-refractivity contribution in [1.29, 1.82) is 0 Å². The van der Waals surface area contributed by atoms with E-state index in [9.17, 15) is 18.0 Å². The molecular weight excluding hydrogens is 593 g/mol. The van der Waals surface area contributed by atoms with Crippen LogP contribution in [0.15, 0.2) is 60.9 Å². The number of hydrogen-bond acceptors (Lipinski definition) is 8. The van der Waals surface area contributed by atoms with E-state index in [4.69, 9.17) is 35.3 Å². The molecular formula is C29H28ClF3N4O6. The van der Waals surface area contributed by atoms with Crippen LogP contribution in [0, 0.1) is 0 Å². The largest absolute Gasteiger partial charge is 0.490 e. The highest BCUT2D eigenvalue weighted by molar-refractivity contribution is 6.31. The summed E-state index contributed by atoms with van der Waals surface area (Å²) in [6.07, 6.45) is -2.63. The monoisotopic (exact) mass is 620 g/mol. The Bertz CT molecular complexity index is 1540. The molecule has 2 N–H and O–H groups in total. The van der Waals surface area contributed by atoms with E-state index < -0.39 is 22.8 Å². The number of ether oxygens (including phenoxy) is 5. The van der Waals surface area contributed by atoms with Gasteiger partial charge in [0, 0.05) is 44.7 Å². The van der Waals surface area contributed by atoms with E-state index in [0.29, 0.717) is 66.7 Å². The Morgan fingerprint density at radius 2 is 1.51 bits per heavy atom. The van der Waals surface area contributed by atoms with Crippen molar-refractivity contribution in [3.05, 3.63) is 71.5 Å². The average Bonchev–Trinajstić information content (AvgIpc) is 2.97. The molecule has 4 rings (SSSR count). The highest BCUT2D eigenvalue weighted by Gasteiger charge is 2.33. The van der Waals surface area contributed by atoms with Crippen LogP contribution in [0.25, 0.3) is 10.9 Å². The summed E-state index contributed by atoms with van der Waals surface area (Å²) in [5, 5.41) is 5.02. The third-order valence-electron chi connectivity index (χ3n) is 5.82. The van der Waals surface area contributed by atoms with Gasteiger partial charge < -0.3 is 34.3 Å². The zero-order valence-corrected chi connectivity index (χ0v) is 23.9. The molecule has 1 aromatic heterocycles. The van der Waals surface area contributed by atoms with Crippen LogP contribution in [0.5, 0.6) is 23.1 Å². The SMILES string of the molecule is COCCCOc1cc2c(Oc3ccc(NC(=O)Nc4ccc(Cl)c(C(F)(F)F)c4)cc3)ncnc2cc1OCCOC. The Balaban J connectivity index is 1.46. The van der Waals surface area contributed by atoms with Gasteiger partial charge in [-0.2, -0.15) is 13.2 Å². The summed E-state index contributed by atoms with van der Waals surface area (Å²) in [5.74, 6) is 1.64. The topological polar surface area (TPSA) is 113 Å². The molecule has 0 spiro atoms. The Morgan fingerprint density at radius 1 is 0.837 bits per heavy atom. The maximum Gasteiger partial charge on any atom is 0.417 e. The molecule has 0 saturated heterocycles. The number of nitrogens with zero attached hydrogens (tertiary/aromatic N) is 2. The normalized spacial score (nSPS) is 11.3. The van der Waals surface area contributed by atoms with Gasteiger partial charge in [-0.1, -0.05) is 11.6 Å². The lowest BCUT2D eigenvalue weighted by molar-refractivity contribution is -0.137. The molecule has 0 radical (unpaired) electrons. The molecule has 0 aliphatic heterocycles. The third-order valence-corrected chi connectivity index (χ3v) is 6.15. The molecule has 1 heterocycles. The van der Waals surface area contributed by atoms with Crippen molar-refractivity contribution in [2.75, 3.05) is 51.3 Å². The van der Waals surface area contributed by atoms with Crippen LogP contribution >= 0.6 is 11.6 Å². The van der Waals surface area contributed by atoms with Crippen molar-refractivity contribution in [2.24, 2.45) is 0 Å². The number of halogens is 4. The van der Waals surface area contributed by atoms with Gasteiger partial charge >= 0.3 is 12.2 Å². The Kier molecular flexibility index (Phi) is 10.8. The van der Waals surface area contributed by atoms with E-state index in [2.05, 4.69) is 20.6 Å². The number of amides is 2. The summed E-state index contributed by atoms with van der Waals surface area (Å²) in [5.41, 5.74) is -0.191. The van der Waals surface area contributed by atoms with Crippen molar-refractivity contribution in [1.82, 2.24) is 9.97 Å². The maximum absolute atomic E-state index is 13.1. The zero-order valence-electron chi connectivity index (χ0n) is 23.2. The summed E-state index contributed by atoms with van der Waals surface area (Å²) < 4.78 is 67.3. The minimum Gasteiger partial charge on any atom is -0.490 e. The second-order valence-electron chi connectivity index (χ2n) is 8.93. The fourth-order valence-corrected chi connectivity index (χ4v) is 4.02. The number of nitrogens with one attached hydrogen (secondary N) is 2. The van der Waals surface area contributed by atoms with E-state index in [1.165, 1.54) is 12.4 Å². The van der Waals surface area contributed by atoms with Crippen molar-refractivity contribution < 1.29 is 41.7 Å². The molecule has 0 unspecified atom stereocenters. The molecule has 0 fully saturated rings. The van der Waals surface area contributed by atoms with Crippen LogP contribution in [0.3, 0.4) is 0 Å². The van der Waals surface area contributed by atoms with Gasteiger partial charge in [-0.3, -0.25) is 0 Å². The number of aromatic nitrogens is 2. The van der Waals surface area contributed by atoms with Crippen LogP contribution < -0.4 is 24.8 Å². The minimum absolute atomic E-state index is 0.0703. The van der Waals surface area contributed by atoms with Gasteiger partial charge in [0.1, 0.15) is 18.7 Å². The number of fused-ring (bicyclic) bond motifs is 1. The number of hydrogen-bond donors (Lipinski definition) is 2. The number of carbonyl (C=O) groups excluding carboxylic acids is 1. The number of alkyl halides is 3. The highest BCUT2D eigenvalue weighted by Crippen LogP contribution is 2.37. The van der Waals surface area contributed by atoms with E-state index >= 15 is 0 Å². The summed E-state index contributed by atoms with van der Waals surface area (Å²) in [6, 6.07) is 12.1. The Hall–Kier alpha value is -4.33. The van der Waals surface area contributed by atoms with E-state index in [1.54, 1.807) is 50.6 Å². The number of methoxy groups -OCH3 is 2. The fraction of sp³-hybridized carbons (Fsp3) is 0.276. The first-order valence-corrected chi connectivity index (χ1v) is 13.3. The lowest BCUT2D eigenvalue weighted by Crippen LogP contribution is -2.19. The lowest BCUT2D eigenvalue weighted by Gasteiger charge is -2.15. The van der Waals surface area contributed by atoms with Gasteiger partial charge in [0.05, 0.1) is 34.7 Å². The average molecular weight is 621 g/mol. The van der Waals surface area contributed by atoms with Gasteiger partial charge in [0.15, 0.2) is 11.5 Å². The van der Waals surface area contributed by atoms with Gasteiger partial charge in [-0.25, -0.2) is 14.8 Å². The molecule has 0 aliphatic carbocycles. The summed E-state index contributed by atoms with van der Waals surface area (Å²) in [7, 11) is 3.20. The quantitative estimate of drug-likeness (QED) is 0.151. The first-order valence-electron chi connectivity index (χ1n) is 12.9. The van der Waals surface area contributed by atoms with Crippen molar-refractivity contribution in [2.45, 2.75) is 12.6 Å². The Labute approximate surface area is 250 Å². The molecule has 0 saturated carbocycles. The van der Waals surface area contributed by atoms with Crippen LogP contribution in [0.2, 0.25) is 5.02 Å². The number of urea groups is 1. The number of anilines is 2. The number of carbonyl (C=O) groups is 1. The smallest absolute Gasteiger partial charge is 0.417 e. The molecule has 43 heavy (non-hydrogen) atoms.